The zero-order valence-corrected chi connectivity index (χ0v) is 6.61. The van der Waals surface area contributed by atoms with E-state index in [2.05, 4.69) is 4.94 Å². The number of benzene rings is 1. The predicted molar refractivity (Wildman–Crippen MR) is 37.6 cm³/mol. The van der Waals surface area contributed by atoms with Crippen LogP contribution in [0, 0.1) is 18.6 Å². The summed E-state index contributed by atoms with van der Waals surface area (Å²) in [6.07, 6.45) is 0. The molecule has 0 aromatic heterocycles. The van der Waals surface area contributed by atoms with Crippen molar-refractivity contribution in [1.29, 1.82) is 0 Å². The van der Waals surface area contributed by atoms with Crippen molar-refractivity contribution in [1.82, 2.24) is 0 Å². The molecule has 1 aromatic carbocycles. The molecular formula is C8H5F3O2. The molecule has 0 unspecified atom stereocenters. The first-order valence-corrected chi connectivity index (χ1v) is 3.35. The van der Waals surface area contributed by atoms with Gasteiger partial charge in [-0.05, 0) is 18.6 Å². The van der Waals surface area contributed by atoms with Crippen LogP contribution in [-0.4, -0.2) is 5.97 Å². The van der Waals surface area contributed by atoms with E-state index in [1.807, 2.05) is 0 Å². The summed E-state index contributed by atoms with van der Waals surface area (Å²) in [4.78, 5) is 13.3. The SMILES string of the molecule is Cc1ccc(C(=O)OF)c(F)c1F. The Balaban J connectivity index is 3.26. The molecule has 0 aliphatic rings. The van der Waals surface area contributed by atoms with Crippen LogP contribution < -0.4 is 0 Å². The lowest BCUT2D eigenvalue weighted by molar-refractivity contribution is -0.0792. The minimum Gasteiger partial charge on any atom is -0.249 e. The second kappa shape index (κ2) is 3.47. The van der Waals surface area contributed by atoms with Crippen LogP contribution >= 0.6 is 0 Å². The highest BCUT2D eigenvalue weighted by atomic mass is 19.3. The molecule has 0 atom stereocenters. The fourth-order valence-corrected chi connectivity index (χ4v) is 0.845. The Kier molecular flexibility index (Phi) is 2.55. The number of carbonyl (C=O) groups excluding carboxylic acids is 1. The van der Waals surface area contributed by atoms with E-state index in [1.54, 1.807) is 0 Å². The van der Waals surface area contributed by atoms with Gasteiger partial charge in [0, 0.05) is 4.53 Å². The molecule has 70 valence electrons. The van der Waals surface area contributed by atoms with E-state index in [1.165, 1.54) is 6.92 Å². The van der Waals surface area contributed by atoms with E-state index in [0.717, 1.165) is 12.1 Å². The molecule has 5 heteroatoms. The van der Waals surface area contributed by atoms with E-state index < -0.39 is 23.2 Å². The highest BCUT2D eigenvalue weighted by Crippen LogP contribution is 2.16. The molecule has 0 heterocycles. The monoisotopic (exact) mass is 190 g/mol. The smallest absolute Gasteiger partial charge is 0.249 e. The number of carbonyl (C=O) groups is 1. The van der Waals surface area contributed by atoms with Gasteiger partial charge in [-0.2, -0.15) is 0 Å². The van der Waals surface area contributed by atoms with Crippen molar-refractivity contribution in [3.8, 4) is 0 Å². The van der Waals surface area contributed by atoms with Gasteiger partial charge in [0.25, 0.3) is 0 Å². The molecule has 2 nitrogen and oxygen atoms in total. The van der Waals surface area contributed by atoms with Gasteiger partial charge in [0.2, 0.25) is 0 Å². The highest BCUT2D eigenvalue weighted by Gasteiger charge is 2.18. The molecule has 1 aromatic rings. The summed E-state index contributed by atoms with van der Waals surface area (Å²) in [6.45, 7) is 1.32. The first-order chi connectivity index (χ1) is 6.07. The first-order valence-electron chi connectivity index (χ1n) is 3.35. The first kappa shape index (κ1) is 9.57. The normalized spacial score (nSPS) is 9.85. The summed E-state index contributed by atoms with van der Waals surface area (Å²) >= 11 is 0. The van der Waals surface area contributed by atoms with Crippen molar-refractivity contribution in [3.63, 3.8) is 0 Å². The summed E-state index contributed by atoms with van der Waals surface area (Å²) in [5, 5.41) is 0. The van der Waals surface area contributed by atoms with Crippen molar-refractivity contribution >= 4 is 5.97 Å². The molecule has 0 spiro atoms. The number of rotatable bonds is 1. The van der Waals surface area contributed by atoms with Crippen molar-refractivity contribution in [2.45, 2.75) is 6.92 Å². The zero-order valence-electron chi connectivity index (χ0n) is 6.61. The molecule has 0 aliphatic heterocycles. The molecular weight excluding hydrogens is 185 g/mol. The lowest BCUT2D eigenvalue weighted by Gasteiger charge is -2.01. The van der Waals surface area contributed by atoms with E-state index in [9.17, 15) is 18.1 Å². The standard InChI is InChI=1S/C8H5F3O2/c1-4-2-3-5(8(12)13-11)7(10)6(4)9/h2-3H,1H3. The number of aryl methyl sites for hydroxylation is 1. The Morgan fingerprint density at radius 3 is 2.46 bits per heavy atom. The topological polar surface area (TPSA) is 26.3 Å². The Labute approximate surface area is 71.8 Å². The van der Waals surface area contributed by atoms with Gasteiger partial charge in [-0.25, -0.2) is 18.5 Å². The molecule has 1 rings (SSSR count). The zero-order chi connectivity index (χ0) is 10.0. The van der Waals surface area contributed by atoms with Gasteiger partial charge in [0.05, 0.1) is 0 Å². The maximum absolute atomic E-state index is 12.9. The van der Waals surface area contributed by atoms with Gasteiger partial charge in [0.15, 0.2) is 11.6 Å². The van der Waals surface area contributed by atoms with Gasteiger partial charge in [0.1, 0.15) is 5.56 Å². The number of halogens is 3. The van der Waals surface area contributed by atoms with Crippen LogP contribution in [-0.2, 0) is 4.94 Å². The molecule has 0 N–H and O–H groups in total. The second-order valence-corrected chi connectivity index (χ2v) is 2.42. The average molecular weight is 190 g/mol. The highest BCUT2D eigenvalue weighted by molar-refractivity contribution is 5.89. The summed E-state index contributed by atoms with van der Waals surface area (Å²) in [5.74, 6) is -4.12. The minimum atomic E-state index is -1.55. The average Bonchev–Trinajstić information content (AvgIpc) is 2.13. The van der Waals surface area contributed by atoms with Crippen molar-refractivity contribution < 1.29 is 23.0 Å². The summed E-state index contributed by atoms with van der Waals surface area (Å²) < 4.78 is 37.0. The Bertz CT molecular complexity index is 349. The molecule has 0 radical (unpaired) electrons. The minimum absolute atomic E-state index is 0.0351. The van der Waals surface area contributed by atoms with Crippen LogP contribution in [0.4, 0.5) is 13.3 Å². The van der Waals surface area contributed by atoms with Crippen LogP contribution in [0.2, 0.25) is 0 Å². The van der Waals surface area contributed by atoms with Crippen LogP contribution in [0.3, 0.4) is 0 Å². The van der Waals surface area contributed by atoms with E-state index in [-0.39, 0.29) is 5.56 Å². The van der Waals surface area contributed by atoms with Gasteiger partial charge in [-0.3, -0.25) is 0 Å². The third kappa shape index (κ3) is 1.63. The third-order valence-electron chi connectivity index (χ3n) is 1.57. The Morgan fingerprint density at radius 1 is 1.31 bits per heavy atom. The lowest BCUT2D eigenvalue weighted by Crippen LogP contribution is -2.05. The van der Waals surface area contributed by atoms with Crippen LogP contribution in [0.5, 0.6) is 0 Å². The summed E-state index contributed by atoms with van der Waals surface area (Å²) in [7, 11) is 0. The molecule has 13 heavy (non-hydrogen) atoms. The lowest BCUT2D eigenvalue weighted by atomic mass is 10.1. The third-order valence-corrected chi connectivity index (χ3v) is 1.57. The maximum Gasteiger partial charge on any atom is 0.382 e. The largest absolute Gasteiger partial charge is 0.382 e. The summed E-state index contributed by atoms with van der Waals surface area (Å²) in [6, 6.07) is 2.11. The van der Waals surface area contributed by atoms with E-state index >= 15 is 0 Å². The molecule has 0 bridgehead atoms. The van der Waals surface area contributed by atoms with E-state index in [0.29, 0.717) is 0 Å². The van der Waals surface area contributed by atoms with Gasteiger partial charge in [-0.15, -0.1) is 0 Å². The second-order valence-electron chi connectivity index (χ2n) is 2.42. The predicted octanol–water partition coefficient (Wildman–Crippen LogP) is 2.31. The summed E-state index contributed by atoms with van der Waals surface area (Å²) in [5.41, 5.74) is -0.724. The fourth-order valence-electron chi connectivity index (χ4n) is 0.845. The van der Waals surface area contributed by atoms with Crippen LogP contribution in [0.1, 0.15) is 15.9 Å². The molecule has 0 fully saturated rings. The van der Waals surface area contributed by atoms with E-state index in [4.69, 9.17) is 0 Å². The van der Waals surface area contributed by atoms with Gasteiger partial charge >= 0.3 is 5.97 Å². The molecule has 0 saturated carbocycles. The quantitative estimate of drug-likeness (QED) is 0.679. The molecule has 0 saturated heterocycles. The van der Waals surface area contributed by atoms with Crippen LogP contribution in [0.15, 0.2) is 12.1 Å². The van der Waals surface area contributed by atoms with Gasteiger partial charge < -0.3 is 0 Å². The number of hydrogen-bond donors (Lipinski definition) is 0. The van der Waals surface area contributed by atoms with Crippen molar-refractivity contribution in [3.05, 3.63) is 34.9 Å². The molecule has 0 aliphatic carbocycles. The maximum atomic E-state index is 12.9. The Hall–Kier alpha value is -1.52. The van der Waals surface area contributed by atoms with Crippen molar-refractivity contribution in [2.75, 3.05) is 0 Å². The number of hydrogen-bond acceptors (Lipinski definition) is 2. The van der Waals surface area contributed by atoms with Crippen molar-refractivity contribution in [2.24, 2.45) is 0 Å². The van der Waals surface area contributed by atoms with Gasteiger partial charge in [-0.1, -0.05) is 6.07 Å². The Morgan fingerprint density at radius 2 is 1.92 bits per heavy atom. The fraction of sp³-hybridized carbons (Fsp3) is 0.125. The van der Waals surface area contributed by atoms with Crippen LogP contribution in [0.25, 0.3) is 0 Å². The molecule has 0 amide bonds.